The van der Waals surface area contributed by atoms with Crippen LogP contribution in [-0.2, 0) is 6.61 Å². The Hall–Kier alpha value is -2.98. The molecule has 1 aliphatic rings. The van der Waals surface area contributed by atoms with Crippen LogP contribution in [0.3, 0.4) is 0 Å². The van der Waals surface area contributed by atoms with E-state index >= 15 is 0 Å². The lowest BCUT2D eigenvalue weighted by molar-refractivity contribution is 0.0728. The van der Waals surface area contributed by atoms with Gasteiger partial charge >= 0.3 is 5.97 Å². The second-order valence-electron chi connectivity index (χ2n) is 6.98. The molecule has 0 amide bonds. The molecule has 0 atom stereocenters. The van der Waals surface area contributed by atoms with Gasteiger partial charge in [0.1, 0.15) is 6.61 Å². The van der Waals surface area contributed by atoms with E-state index in [0.29, 0.717) is 28.7 Å². The predicted molar refractivity (Wildman–Crippen MR) is 115 cm³/mol. The first-order chi connectivity index (χ1) is 14.2. The summed E-state index contributed by atoms with van der Waals surface area (Å²) in [5, 5.41) is 0.509. The third-order valence-electron chi connectivity index (χ3n) is 4.88. The van der Waals surface area contributed by atoms with E-state index in [1.807, 2.05) is 42.5 Å². The highest BCUT2D eigenvalue weighted by molar-refractivity contribution is 6.31. The van der Waals surface area contributed by atoms with Crippen molar-refractivity contribution in [1.82, 2.24) is 0 Å². The third kappa shape index (κ3) is 4.72. The molecule has 0 saturated carbocycles. The first-order valence-corrected chi connectivity index (χ1v) is 10.1. The number of nitrogens with zero attached hydrogens (tertiary/aromatic N) is 1. The van der Waals surface area contributed by atoms with E-state index < -0.39 is 5.97 Å². The van der Waals surface area contributed by atoms with Crippen molar-refractivity contribution in [1.29, 1.82) is 0 Å². The Labute approximate surface area is 175 Å². The number of rotatable bonds is 6. The van der Waals surface area contributed by atoms with Gasteiger partial charge in [0, 0.05) is 24.2 Å². The molecule has 1 heterocycles. The number of ether oxygens (including phenoxy) is 2. The summed E-state index contributed by atoms with van der Waals surface area (Å²) in [7, 11) is 0. The molecular formula is C24H22ClNO3. The lowest BCUT2D eigenvalue weighted by atomic mass is 10.2. The molecule has 1 saturated heterocycles. The lowest BCUT2D eigenvalue weighted by Crippen LogP contribution is -2.19. The van der Waals surface area contributed by atoms with Crippen LogP contribution >= 0.6 is 11.6 Å². The summed E-state index contributed by atoms with van der Waals surface area (Å²) >= 11 is 6.37. The smallest absolute Gasteiger partial charge is 0.343 e. The Morgan fingerprint density at radius 1 is 0.931 bits per heavy atom. The maximum Gasteiger partial charge on any atom is 0.343 e. The third-order valence-corrected chi connectivity index (χ3v) is 5.10. The monoisotopic (exact) mass is 407 g/mol. The van der Waals surface area contributed by atoms with Crippen molar-refractivity contribution >= 4 is 23.3 Å². The van der Waals surface area contributed by atoms with Gasteiger partial charge in [-0.05, 0) is 36.6 Å². The van der Waals surface area contributed by atoms with Gasteiger partial charge in [0.2, 0.25) is 0 Å². The second kappa shape index (κ2) is 9.01. The molecule has 3 aromatic carbocycles. The van der Waals surface area contributed by atoms with Gasteiger partial charge in [0.15, 0.2) is 11.5 Å². The standard InChI is InChI=1S/C24H22ClNO3/c25-20-15-21(26-13-7-8-14-26)23(28-17-18-9-3-1-4-10-18)22(16-20)29-24(27)19-11-5-2-6-12-19/h1-6,9-12,15-16H,7-8,13-14,17H2. The zero-order valence-electron chi connectivity index (χ0n) is 16.0. The summed E-state index contributed by atoms with van der Waals surface area (Å²) in [5.41, 5.74) is 2.38. The van der Waals surface area contributed by atoms with Crippen LogP contribution in [-0.4, -0.2) is 19.1 Å². The average Bonchev–Trinajstić information content (AvgIpc) is 3.29. The van der Waals surface area contributed by atoms with Gasteiger partial charge in [-0.25, -0.2) is 4.79 Å². The van der Waals surface area contributed by atoms with Crippen LogP contribution in [0.5, 0.6) is 11.5 Å². The number of halogens is 1. The van der Waals surface area contributed by atoms with E-state index in [1.54, 1.807) is 30.3 Å². The molecule has 0 spiro atoms. The Morgan fingerprint density at radius 2 is 1.59 bits per heavy atom. The molecular weight excluding hydrogens is 386 g/mol. The van der Waals surface area contributed by atoms with Crippen LogP contribution in [0.2, 0.25) is 5.02 Å². The highest BCUT2D eigenvalue weighted by Crippen LogP contribution is 2.42. The molecule has 4 rings (SSSR count). The van der Waals surface area contributed by atoms with Gasteiger partial charge in [0.25, 0.3) is 0 Å². The Morgan fingerprint density at radius 3 is 2.28 bits per heavy atom. The first-order valence-electron chi connectivity index (χ1n) is 9.73. The average molecular weight is 408 g/mol. The van der Waals surface area contributed by atoms with Crippen molar-refractivity contribution in [3.05, 3.63) is 88.9 Å². The largest absolute Gasteiger partial charge is 0.483 e. The number of hydrogen-bond donors (Lipinski definition) is 0. The minimum atomic E-state index is -0.440. The molecule has 29 heavy (non-hydrogen) atoms. The van der Waals surface area contributed by atoms with Crippen LogP contribution in [0.25, 0.3) is 0 Å². The van der Waals surface area contributed by atoms with E-state index in [0.717, 1.165) is 37.2 Å². The summed E-state index contributed by atoms with van der Waals surface area (Å²) in [4.78, 5) is 14.9. The molecule has 0 radical (unpaired) electrons. The van der Waals surface area contributed by atoms with Gasteiger partial charge in [0.05, 0.1) is 11.3 Å². The number of carbonyl (C=O) groups is 1. The molecule has 0 aliphatic carbocycles. The fraction of sp³-hybridized carbons (Fsp3) is 0.208. The molecule has 3 aromatic rings. The highest BCUT2D eigenvalue weighted by atomic mass is 35.5. The van der Waals surface area contributed by atoms with Crippen LogP contribution in [0.4, 0.5) is 5.69 Å². The topological polar surface area (TPSA) is 38.8 Å². The Bertz CT molecular complexity index is 970. The van der Waals surface area contributed by atoms with Gasteiger partial charge in [-0.3, -0.25) is 0 Å². The van der Waals surface area contributed by atoms with E-state index in [9.17, 15) is 4.79 Å². The molecule has 0 unspecified atom stereocenters. The molecule has 0 aromatic heterocycles. The van der Waals surface area contributed by atoms with Gasteiger partial charge in [-0.2, -0.15) is 0 Å². The number of anilines is 1. The molecule has 1 aliphatic heterocycles. The van der Waals surface area contributed by atoms with Gasteiger partial charge in [-0.15, -0.1) is 0 Å². The number of hydrogen-bond acceptors (Lipinski definition) is 4. The van der Waals surface area contributed by atoms with Crippen molar-refractivity contribution in [2.75, 3.05) is 18.0 Å². The molecule has 5 heteroatoms. The fourth-order valence-corrected chi connectivity index (χ4v) is 3.63. The van der Waals surface area contributed by atoms with E-state index in [2.05, 4.69) is 4.90 Å². The van der Waals surface area contributed by atoms with Crippen LogP contribution < -0.4 is 14.4 Å². The Kier molecular flexibility index (Phi) is 6.01. The van der Waals surface area contributed by atoms with E-state index in [4.69, 9.17) is 21.1 Å². The van der Waals surface area contributed by atoms with E-state index in [1.165, 1.54) is 0 Å². The quantitative estimate of drug-likeness (QED) is 0.386. The van der Waals surface area contributed by atoms with Gasteiger partial charge in [-0.1, -0.05) is 60.1 Å². The first kappa shape index (κ1) is 19.3. The predicted octanol–water partition coefficient (Wildman–Crippen LogP) is 5.74. The summed E-state index contributed by atoms with van der Waals surface area (Å²) < 4.78 is 11.9. The van der Waals surface area contributed by atoms with Crippen molar-refractivity contribution < 1.29 is 14.3 Å². The SMILES string of the molecule is O=C(Oc1cc(Cl)cc(N2CCCC2)c1OCc1ccccc1)c1ccccc1. The van der Waals surface area contributed by atoms with Crippen molar-refractivity contribution in [2.24, 2.45) is 0 Å². The molecule has 148 valence electrons. The van der Waals surface area contributed by atoms with E-state index in [-0.39, 0.29) is 0 Å². The minimum Gasteiger partial charge on any atom is -0.483 e. The second-order valence-corrected chi connectivity index (χ2v) is 7.41. The zero-order valence-corrected chi connectivity index (χ0v) is 16.8. The molecule has 0 N–H and O–H groups in total. The summed E-state index contributed by atoms with van der Waals surface area (Å²) in [6, 6.07) is 22.3. The summed E-state index contributed by atoms with van der Waals surface area (Å²) in [6.45, 7) is 2.22. The van der Waals surface area contributed by atoms with Gasteiger partial charge < -0.3 is 14.4 Å². The zero-order chi connectivity index (χ0) is 20.1. The lowest BCUT2D eigenvalue weighted by Gasteiger charge is -2.23. The fourth-order valence-electron chi connectivity index (χ4n) is 3.43. The normalized spacial score (nSPS) is 13.3. The van der Waals surface area contributed by atoms with Crippen molar-refractivity contribution in [3.63, 3.8) is 0 Å². The summed E-state index contributed by atoms with van der Waals surface area (Å²) in [6.07, 6.45) is 2.23. The molecule has 0 bridgehead atoms. The highest BCUT2D eigenvalue weighted by Gasteiger charge is 2.23. The maximum atomic E-state index is 12.6. The molecule has 4 nitrogen and oxygen atoms in total. The van der Waals surface area contributed by atoms with Crippen LogP contribution in [0.15, 0.2) is 72.8 Å². The summed E-state index contributed by atoms with van der Waals surface area (Å²) in [5.74, 6) is 0.443. The number of esters is 1. The number of benzene rings is 3. The van der Waals surface area contributed by atoms with Crippen molar-refractivity contribution in [2.45, 2.75) is 19.4 Å². The Balaban J connectivity index is 1.67. The number of carbonyl (C=O) groups excluding carboxylic acids is 1. The minimum absolute atomic E-state index is 0.337. The molecule has 1 fully saturated rings. The maximum absolute atomic E-state index is 12.6. The van der Waals surface area contributed by atoms with Crippen LogP contribution in [0, 0.1) is 0 Å². The van der Waals surface area contributed by atoms with Crippen molar-refractivity contribution in [3.8, 4) is 11.5 Å². The van der Waals surface area contributed by atoms with Crippen LogP contribution in [0.1, 0.15) is 28.8 Å².